The molecule has 136 valence electrons. The van der Waals surface area contributed by atoms with E-state index in [1.807, 2.05) is 56.7 Å². The number of benzene rings is 1. The lowest BCUT2D eigenvalue weighted by Gasteiger charge is -2.40. The molecule has 2 heterocycles. The summed E-state index contributed by atoms with van der Waals surface area (Å²) in [7, 11) is -0.435. The third kappa shape index (κ3) is 2.13. The van der Waals surface area contributed by atoms with Crippen molar-refractivity contribution in [1.82, 2.24) is 4.57 Å². The van der Waals surface area contributed by atoms with Crippen LogP contribution in [0.5, 0.6) is 0 Å². The summed E-state index contributed by atoms with van der Waals surface area (Å²) in [6.45, 7) is 8.20. The van der Waals surface area contributed by atoms with E-state index in [2.05, 4.69) is 6.07 Å². The zero-order chi connectivity index (χ0) is 18.3. The molecule has 3 aliphatic carbocycles. The zero-order valence-electron chi connectivity index (χ0n) is 16.0. The van der Waals surface area contributed by atoms with Crippen molar-refractivity contribution in [1.29, 1.82) is 0 Å². The SMILES string of the molecule is CC1(C)OB(c2ccc3ccn(C45CCC(C4)C5)c(=O)c3c2)OC1(C)C. The molecular formula is C21H26BNO3. The topological polar surface area (TPSA) is 40.5 Å². The number of nitrogens with zero attached hydrogens (tertiary/aromatic N) is 1. The first-order valence-electron chi connectivity index (χ1n) is 9.72. The maximum absolute atomic E-state index is 13.2. The van der Waals surface area contributed by atoms with E-state index in [1.165, 1.54) is 6.42 Å². The lowest BCUT2D eigenvalue weighted by molar-refractivity contribution is 0.00578. The smallest absolute Gasteiger partial charge is 0.399 e. The van der Waals surface area contributed by atoms with Crippen LogP contribution in [0.3, 0.4) is 0 Å². The van der Waals surface area contributed by atoms with Crippen molar-refractivity contribution in [3.8, 4) is 0 Å². The maximum Gasteiger partial charge on any atom is 0.494 e. The number of fused-ring (bicyclic) bond motifs is 2. The van der Waals surface area contributed by atoms with Gasteiger partial charge in [-0.25, -0.2) is 0 Å². The van der Waals surface area contributed by atoms with E-state index in [1.54, 1.807) is 0 Å². The fourth-order valence-electron chi connectivity index (χ4n) is 4.97. The monoisotopic (exact) mass is 351 g/mol. The Bertz CT molecular complexity index is 934. The number of rotatable bonds is 2. The summed E-state index contributed by atoms with van der Waals surface area (Å²) in [5.41, 5.74) is 0.360. The third-order valence-electron chi connectivity index (χ3n) is 7.32. The molecule has 0 radical (unpaired) electrons. The molecule has 0 amide bonds. The van der Waals surface area contributed by atoms with Crippen LogP contribution in [-0.4, -0.2) is 22.9 Å². The molecule has 2 bridgehead atoms. The predicted octanol–water partition coefficient (Wildman–Crippen LogP) is 3.20. The van der Waals surface area contributed by atoms with Gasteiger partial charge in [-0.3, -0.25) is 4.79 Å². The molecule has 2 aromatic rings. The largest absolute Gasteiger partial charge is 0.494 e. The second-order valence-electron chi connectivity index (χ2n) is 9.46. The molecule has 0 spiro atoms. The third-order valence-corrected chi connectivity index (χ3v) is 7.32. The van der Waals surface area contributed by atoms with Crippen LogP contribution >= 0.6 is 0 Å². The molecule has 1 aromatic heterocycles. The Morgan fingerprint density at radius 2 is 1.77 bits per heavy atom. The molecule has 5 heteroatoms. The summed E-state index contributed by atoms with van der Waals surface area (Å²) in [4.78, 5) is 13.2. The van der Waals surface area contributed by atoms with E-state index in [0.717, 1.165) is 41.4 Å². The highest BCUT2D eigenvalue weighted by molar-refractivity contribution is 6.62. The van der Waals surface area contributed by atoms with E-state index >= 15 is 0 Å². The lowest BCUT2D eigenvalue weighted by Crippen LogP contribution is -2.44. The fourth-order valence-corrected chi connectivity index (χ4v) is 4.97. The normalized spacial score (nSPS) is 31.4. The lowest BCUT2D eigenvalue weighted by atomic mass is 9.76. The predicted molar refractivity (Wildman–Crippen MR) is 104 cm³/mol. The molecule has 4 nitrogen and oxygen atoms in total. The average Bonchev–Trinajstić information content (AvgIpc) is 3.20. The van der Waals surface area contributed by atoms with E-state index < -0.39 is 7.12 Å². The molecule has 4 aliphatic rings. The second kappa shape index (κ2) is 5.02. The summed E-state index contributed by atoms with van der Waals surface area (Å²) in [6, 6.07) is 8.07. The number of pyridine rings is 1. The Labute approximate surface area is 154 Å². The Balaban J connectivity index is 1.57. The van der Waals surface area contributed by atoms with Crippen molar-refractivity contribution < 1.29 is 9.31 Å². The van der Waals surface area contributed by atoms with Gasteiger partial charge in [-0.1, -0.05) is 12.1 Å². The first-order valence-corrected chi connectivity index (χ1v) is 9.72. The van der Waals surface area contributed by atoms with Gasteiger partial charge in [-0.2, -0.15) is 0 Å². The Morgan fingerprint density at radius 1 is 1.08 bits per heavy atom. The number of hydrogen-bond acceptors (Lipinski definition) is 3. The average molecular weight is 351 g/mol. The van der Waals surface area contributed by atoms with Gasteiger partial charge in [0.2, 0.25) is 0 Å². The number of hydrogen-bond donors (Lipinski definition) is 0. The molecule has 4 fully saturated rings. The van der Waals surface area contributed by atoms with Gasteiger partial charge in [0.05, 0.1) is 11.2 Å². The first kappa shape index (κ1) is 16.6. The minimum atomic E-state index is -0.435. The second-order valence-corrected chi connectivity index (χ2v) is 9.46. The Kier molecular flexibility index (Phi) is 3.20. The van der Waals surface area contributed by atoms with Gasteiger partial charge >= 0.3 is 7.12 Å². The molecule has 1 aromatic carbocycles. The van der Waals surface area contributed by atoms with Crippen molar-refractivity contribution in [2.45, 2.75) is 70.1 Å². The molecule has 0 unspecified atom stereocenters. The Hall–Kier alpha value is -1.59. The summed E-state index contributed by atoms with van der Waals surface area (Å²) in [6.07, 6.45) is 6.73. The fraction of sp³-hybridized carbons (Fsp3) is 0.571. The van der Waals surface area contributed by atoms with Crippen LogP contribution in [0.2, 0.25) is 0 Å². The minimum absolute atomic E-state index is 0.0796. The summed E-state index contributed by atoms with van der Waals surface area (Å²) in [5, 5.41) is 1.75. The highest BCUT2D eigenvalue weighted by atomic mass is 16.7. The van der Waals surface area contributed by atoms with Crippen molar-refractivity contribution in [3.63, 3.8) is 0 Å². The quantitative estimate of drug-likeness (QED) is 0.781. The molecule has 26 heavy (non-hydrogen) atoms. The van der Waals surface area contributed by atoms with Gasteiger partial charge in [0.1, 0.15) is 0 Å². The van der Waals surface area contributed by atoms with Crippen molar-refractivity contribution in [2.75, 3.05) is 0 Å². The maximum atomic E-state index is 13.2. The van der Waals surface area contributed by atoms with Gasteiger partial charge in [0.25, 0.3) is 5.56 Å². The van der Waals surface area contributed by atoms with Crippen molar-refractivity contribution in [3.05, 3.63) is 40.8 Å². The number of aromatic nitrogens is 1. The highest BCUT2D eigenvalue weighted by Crippen LogP contribution is 2.56. The van der Waals surface area contributed by atoms with Gasteiger partial charge in [0, 0.05) is 17.1 Å². The van der Waals surface area contributed by atoms with E-state index in [4.69, 9.17) is 9.31 Å². The van der Waals surface area contributed by atoms with Gasteiger partial charge < -0.3 is 13.9 Å². The van der Waals surface area contributed by atoms with Crippen LogP contribution in [0.1, 0.15) is 53.4 Å². The van der Waals surface area contributed by atoms with Crippen LogP contribution in [0.4, 0.5) is 0 Å². The molecule has 1 saturated heterocycles. The van der Waals surface area contributed by atoms with Gasteiger partial charge in [-0.15, -0.1) is 0 Å². The summed E-state index contributed by atoms with van der Waals surface area (Å²) < 4.78 is 14.3. The summed E-state index contributed by atoms with van der Waals surface area (Å²) >= 11 is 0. The van der Waals surface area contributed by atoms with Crippen molar-refractivity contribution >= 4 is 23.4 Å². The molecular weight excluding hydrogens is 325 g/mol. The Morgan fingerprint density at radius 3 is 2.38 bits per heavy atom. The van der Waals surface area contributed by atoms with Crippen LogP contribution in [0.25, 0.3) is 10.8 Å². The first-order chi connectivity index (χ1) is 12.2. The van der Waals surface area contributed by atoms with Crippen LogP contribution in [0.15, 0.2) is 35.3 Å². The highest BCUT2D eigenvalue weighted by Gasteiger charge is 2.53. The minimum Gasteiger partial charge on any atom is -0.399 e. The van der Waals surface area contributed by atoms with Crippen LogP contribution in [0, 0.1) is 5.92 Å². The van der Waals surface area contributed by atoms with Crippen LogP contribution < -0.4 is 11.0 Å². The van der Waals surface area contributed by atoms with E-state index in [0.29, 0.717) is 0 Å². The molecule has 6 rings (SSSR count). The molecule has 0 atom stereocenters. The van der Waals surface area contributed by atoms with Gasteiger partial charge in [-0.05, 0) is 82.3 Å². The standard InChI is InChI=1S/C21H26BNO3/c1-19(2)20(3,4)26-22(25-19)16-6-5-15-8-10-23(18(24)17(15)11-16)21-9-7-14(12-21)13-21/h5-6,8,10-11,14H,7,9,12-13H2,1-4H3. The molecule has 1 aliphatic heterocycles. The van der Waals surface area contributed by atoms with Gasteiger partial charge in [0.15, 0.2) is 0 Å². The molecule has 0 N–H and O–H groups in total. The van der Waals surface area contributed by atoms with E-state index in [9.17, 15) is 4.79 Å². The zero-order valence-corrected chi connectivity index (χ0v) is 16.0. The van der Waals surface area contributed by atoms with E-state index in [-0.39, 0.29) is 22.3 Å². The summed E-state index contributed by atoms with van der Waals surface area (Å²) in [5.74, 6) is 0.827. The molecule has 3 saturated carbocycles. The van der Waals surface area contributed by atoms with Crippen molar-refractivity contribution in [2.24, 2.45) is 5.92 Å². The van der Waals surface area contributed by atoms with Crippen LogP contribution in [-0.2, 0) is 14.8 Å².